The van der Waals surface area contributed by atoms with Crippen LogP contribution in [0.3, 0.4) is 0 Å². The molecular formula is C11H19BO2. The van der Waals surface area contributed by atoms with E-state index in [4.69, 9.17) is 9.31 Å². The zero-order valence-electron chi connectivity index (χ0n) is 9.59. The maximum absolute atomic E-state index is 5.87. The van der Waals surface area contributed by atoms with Crippen LogP contribution in [0.5, 0.6) is 0 Å². The molecule has 0 bridgehead atoms. The van der Waals surface area contributed by atoms with E-state index < -0.39 is 0 Å². The van der Waals surface area contributed by atoms with E-state index in [0.717, 1.165) is 0 Å². The molecule has 0 atom stereocenters. The van der Waals surface area contributed by atoms with Crippen molar-refractivity contribution in [2.45, 2.75) is 58.2 Å². The van der Waals surface area contributed by atoms with Gasteiger partial charge in [-0.25, -0.2) is 0 Å². The first-order valence-electron chi connectivity index (χ1n) is 5.46. The molecule has 1 saturated heterocycles. The Balaban J connectivity index is 2.06. The SMILES string of the molecule is CC1(C)OB(C=C2CCC2)OC1(C)C. The summed E-state index contributed by atoms with van der Waals surface area (Å²) in [5.74, 6) is 2.15. The average Bonchev–Trinajstić information content (AvgIpc) is 2.13. The lowest BCUT2D eigenvalue weighted by Crippen LogP contribution is -2.41. The molecule has 1 aliphatic carbocycles. The van der Waals surface area contributed by atoms with E-state index in [-0.39, 0.29) is 18.3 Å². The van der Waals surface area contributed by atoms with Crippen LogP contribution in [-0.4, -0.2) is 18.3 Å². The fraction of sp³-hybridized carbons (Fsp3) is 0.818. The molecule has 2 nitrogen and oxygen atoms in total. The van der Waals surface area contributed by atoms with E-state index in [2.05, 4.69) is 33.7 Å². The summed E-state index contributed by atoms with van der Waals surface area (Å²) < 4.78 is 11.7. The molecule has 1 aliphatic heterocycles. The molecule has 1 heterocycles. The van der Waals surface area contributed by atoms with Crippen LogP contribution in [0.25, 0.3) is 0 Å². The van der Waals surface area contributed by atoms with Crippen molar-refractivity contribution in [2.75, 3.05) is 0 Å². The molecule has 0 aromatic carbocycles. The standard InChI is InChI=1S/C11H19BO2/c1-10(2)11(3,4)14-12(13-10)8-9-6-5-7-9/h8H,5-7H2,1-4H3. The number of hydrogen-bond donors (Lipinski definition) is 0. The number of hydrogen-bond acceptors (Lipinski definition) is 2. The zero-order chi connectivity index (χ0) is 10.4. The summed E-state index contributed by atoms with van der Waals surface area (Å²) >= 11 is 0. The predicted octanol–water partition coefficient (Wildman–Crippen LogP) is 2.73. The van der Waals surface area contributed by atoms with Crippen LogP contribution in [0, 0.1) is 0 Å². The van der Waals surface area contributed by atoms with Crippen molar-refractivity contribution in [3.63, 3.8) is 0 Å². The summed E-state index contributed by atoms with van der Waals surface area (Å²) in [6, 6.07) is 0. The lowest BCUT2D eigenvalue weighted by atomic mass is 9.80. The Morgan fingerprint density at radius 1 is 1.07 bits per heavy atom. The van der Waals surface area contributed by atoms with Gasteiger partial charge in [0.15, 0.2) is 0 Å². The summed E-state index contributed by atoms with van der Waals surface area (Å²) in [4.78, 5) is 0. The van der Waals surface area contributed by atoms with E-state index in [1.165, 1.54) is 24.8 Å². The molecule has 2 aliphatic rings. The quantitative estimate of drug-likeness (QED) is 0.597. The zero-order valence-corrected chi connectivity index (χ0v) is 9.59. The van der Waals surface area contributed by atoms with Gasteiger partial charge in [-0.15, -0.1) is 0 Å². The Labute approximate surface area is 86.8 Å². The maximum atomic E-state index is 5.87. The Bertz CT molecular complexity index is 246. The number of allylic oxidation sites excluding steroid dienone is 1. The van der Waals surface area contributed by atoms with Crippen LogP contribution < -0.4 is 0 Å². The third-order valence-corrected chi connectivity index (χ3v) is 3.64. The fourth-order valence-corrected chi connectivity index (χ4v) is 1.70. The van der Waals surface area contributed by atoms with Gasteiger partial charge in [0.1, 0.15) is 0 Å². The fourth-order valence-electron chi connectivity index (χ4n) is 1.70. The first-order valence-corrected chi connectivity index (χ1v) is 5.46. The third-order valence-electron chi connectivity index (χ3n) is 3.64. The van der Waals surface area contributed by atoms with Crippen molar-refractivity contribution in [2.24, 2.45) is 0 Å². The van der Waals surface area contributed by atoms with Crippen LogP contribution in [0.1, 0.15) is 47.0 Å². The van der Waals surface area contributed by atoms with Crippen LogP contribution >= 0.6 is 0 Å². The van der Waals surface area contributed by atoms with E-state index in [0.29, 0.717) is 0 Å². The lowest BCUT2D eigenvalue weighted by molar-refractivity contribution is 0.00578. The van der Waals surface area contributed by atoms with Gasteiger partial charge in [0.2, 0.25) is 0 Å². The molecule has 0 aromatic heterocycles. The molecule has 0 N–H and O–H groups in total. The van der Waals surface area contributed by atoms with Gasteiger partial charge in [-0.3, -0.25) is 0 Å². The first-order chi connectivity index (χ1) is 6.41. The molecule has 14 heavy (non-hydrogen) atoms. The molecule has 0 unspecified atom stereocenters. The Hall–Kier alpha value is -0.275. The van der Waals surface area contributed by atoms with Crippen molar-refractivity contribution >= 4 is 7.12 Å². The van der Waals surface area contributed by atoms with Crippen LogP contribution in [-0.2, 0) is 9.31 Å². The van der Waals surface area contributed by atoms with Crippen molar-refractivity contribution < 1.29 is 9.31 Å². The Kier molecular flexibility index (Phi) is 2.28. The van der Waals surface area contributed by atoms with Gasteiger partial charge in [0.25, 0.3) is 0 Å². The topological polar surface area (TPSA) is 18.5 Å². The minimum Gasteiger partial charge on any atom is -0.400 e. The maximum Gasteiger partial charge on any atom is 0.487 e. The summed E-state index contributed by atoms with van der Waals surface area (Å²) in [5.41, 5.74) is 1.10. The summed E-state index contributed by atoms with van der Waals surface area (Å²) in [6.07, 6.45) is 3.78. The Morgan fingerprint density at radius 3 is 1.93 bits per heavy atom. The summed E-state index contributed by atoms with van der Waals surface area (Å²) in [7, 11) is -0.129. The summed E-state index contributed by atoms with van der Waals surface area (Å²) in [5, 5.41) is 0. The first kappa shape index (κ1) is 10.2. The van der Waals surface area contributed by atoms with Crippen molar-refractivity contribution in [1.29, 1.82) is 0 Å². The van der Waals surface area contributed by atoms with Crippen molar-refractivity contribution in [3.8, 4) is 0 Å². The van der Waals surface area contributed by atoms with Crippen molar-refractivity contribution in [3.05, 3.63) is 11.5 Å². The normalized spacial score (nSPS) is 28.9. The third kappa shape index (κ3) is 1.63. The van der Waals surface area contributed by atoms with Gasteiger partial charge in [-0.2, -0.15) is 0 Å². The minimum absolute atomic E-state index is 0.129. The monoisotopic (exact) mass is 194 g/mol. The highest BCUT2D eigenvalue weighted by atomic mass is 16.7. The molecule has 0 amide bonds. The molecule has 2 rings (SSSR count). The van der Waals surface area contributed by atoms with Gasteiger partial charge in [-0.05, 0) is 47.0 Å². The van der Waals surface area contributed by atoms with Crippen LogP contribution in [0.4, 0.5) is 0 Å². The van der Waals surface area contributed by atoms with Gasteiger partial charge in [-0.1, -0.05) is 11.5 Å². The van der Waals surface area contributed by atoms with Gasteiger partial charge < -0.3 is 9.31 Å². The Morgan fingerprint density at radius 2 is 1.57 bits per heavy atom. The second kappa shape index (κ2) is 3.11. The van der Waals surface area contributed by atoms with Crippen LogP contribution in [0.15, 0.2) is 11.5 Å². The molecule has 2 fully saturated rings. The van der Waals surface area contributed by atoms with Gasteiger partial charge >= 0.3 is 7.12 Å². The van der Waals surface area contributed by atoms with E-state index in [9.17, 15) is 0 Å². The second-order valence-electron chi connectivity index (χ2n) is 5.30. The highest BCUT2D eigenvalue weighted by molar-refractivity contribution is 6.51. The number of rotatable bonds is 1. The van der Waals surface area contributed by atoms with Gasteiger partial charge in [0, 0.05) is 0 Å². The van der Waals surface area contributed by atoms with Crippen molar-refractivity contribution in [1.82, 2.24) is 0 Å². The van der Waals surface area contributed by atoms with E-state index in [1.54, 1.807) is 0 Å². The molecule has 0 spiro atoms. The molecule has 1 saturated carbocycles. The smallest absolute Gasteiger partial charge is 0.400 e. The molecular weight excluding hydrogens is 175 g/mol. The average molecular weight is 194 g/mol. The molecule has 0 aromatic rings. The highest BCUT2D eigenvalue weighted by Gasteiger charge is 2.50. The van der Waals surface area contributed by atoms with Crippen LogP contribution in [0.2, 0.25) is 0 Å². The van der Waals surface area contributed by atoms with Gasteiger partial charge in [0.05, 0.1) is 11.2 Å². The lowest BCUT2D eigenvalue weighted by Gasteiger charge is -2.32. The van der Waals surface area contributed by atoms with E-state index in [1.807, 2.05) is 0 Å². The predicted molar refractivity (Wildman–Crippen MR) is 58.0 cm³/mol. The molecule has 0 radical (unpaired) electrons. The van der Waals surface area contributed by atoms with E-state index >= 15 is 0 Å². The second-order valence-corrected chi connectivity index (χ2v) is 5.30. The summed E-state index contributed by atoms with van der Waals surface area (Å²) in [6.45, 7) is 8.36. The highest BCUT2D eigenvalue weighted by Crippen LogP contribution is 2.38. The molecule has 78 valence electrons. The molecule has 3 heteroatoms. The minimum atomic E-state index is -0.196. The largest absolute Gasteiger partial charge is 0.487 e.